The Hall–Kier alpha value is -3.30. The Morgan fingerprint density at radius 1 is 1.09 bits per heavy atom. The van der Waals surface area contributed by atoms with Crippen molar-refractivity contribution in [1.82, 2.24) is 10.2 Å². The van der Waals surface area contributed by atoms with Crippen molar-refractivity contribution < 1.29 is 23.9 Å². The summed E-state index contributed by atoms with van der Waals surface area (Å²) in [5.41, 5.74) is 1.41. The second-order valence-electron chi connectivity index (χ2n) is 8.62. The Kier molecular flexibility index (Phi) is 7.77. The van der Waals surface area contributed by atoms with E-state index in [0.717, 1.165) is 0 Å². The van der Waals surface area contributed by atoms with Crippen LogP contribution in [0.2, 0.25) is 5.02 Å². The van der Waals surface area contributed by atoms with Gasteiger partial charge in [0.05, 0.1) is 24.1 Å². The lowest BCUT2D eigenvalue weighted by atomic mass is 9.94. The predicted octanol–water partition coefficient (Wildman–Crippen LogP) is 3.89. The number of halogens is 1. The van der Waals surface area contributed by atoms with Crippen molar-refractivity contribution in [3.8, 4) is 5.75 Å². The van der Waals surface area contributed by atoms with Gasteiger partial charge in [-0.15, -0.1) is 0 Å². The zero-order valence-corrected chi connectivity index (χ0v) is 20.4. The molecule has 10 heteroatoms. The van der Waals surface area contributed by atoms with Gasteiger partial charge in [-0.05, 0) is 62.2 Å². The maximum Gasteiger partial charge on any atom is 0.323 e. The molecule has 3 N–H and O–H groups in total. The SMILES string of the molecule is CCNC(=O)C[C@H]1CC[C@@H]2[C@@H](COc3ccc(NC(=O)Nc4ccc(Cl)cc4)cc3C(=O)N2C)O1. The number of urea groups is 1. The van der Waals surface area contributed by atoms with Gasteiger partial charge in [-0.3, -0.25) is 9.59 Å². The lowest BCUT2D eigenvalue weighted by molar-refractivity contribution is -0.133. The molecule has 0 saturated carbocycles. The molecule has 0 bridgehead atoms. The highest BCUT2D eigenvalue weighted by atomic mass is 35.5. The summed E-state index contributed by atoms with van der Waals surface area (Å²) in [7, 11) is 1.75. The summed E-state index contributed by atoms with van der Waals surface area (Å²) in [6.45, 7) is 2.71. The number of nitrogens with one attached hydrogen (secondary N) is 3. The van der Waals surface area contributed by atoms with Gasteiger partial charge in [0, 0.05) is 30.0 Å². The van der Waals surface area contributed by atoms with Gasteiger partial charge < -0.3 is 30.3 Å². The number of amides is 4. The molecule has 0 unspecified atom stereocenters. The molecule has 0 aliphatic carbocycles. The molecule has 2 heterocycles. The van der Waals surface area contributed by atoms with Crippen LogP contribution in [0.25, 0.3) is 0 Å². The molecule has 2 aromatic carbocycles. The third-order valence-electron chi connectivity index (χ3n) is 6.16. The van der Waals surface area contributed by atoms with Crippen LogP contribution in [0.1, 0.15) is 36.5 Å². The number of likely N-dealkylation sites (N-methyl/N-ethyl adjacent to an activating group) is 1. The molecule has 35 heavy (non-hydrogen) atoms. The Balaban J connectivity index is 1.44. The van der Waals surface area contributed by atoms with Gasteiger partial charge in [0.2, 0.25) is 5.91 Å². The standard InChI is InChI=1S/C25H29ClN4O5/c1-3-27-23(31)13-18-9-10-20-22(35-18)14-34-21-11-8-17(12-19(21)24(32)30(20)2)29-25(33)28-16-6-4-15(26)5-7-16/h4-8,11-12,18,20,22H,3,9-10,13-14H2,1-2H3,(H,27,31)(H2,28,29,33)/t18-,20-,22-/m1/s1. The summed E-state index contributed by atoms with van der Waals surface area (Å²) < 4.78 is 12.1. The molecule has 1 fully saturated rings. The second kappa shape index (κ2) is 11.0. The number of benzene rings is 2. The van der Waals surface area contributed by atoms with Crippen LogP contribution in [0.15, 0.2) is 42.5 Å². The average molecular weight is 501 g/mol. The van der Waals surface area contributed by atoms with E-state index >= 15 is 0 Å². The van der Waals surface area contributed by atoms with Gasteiger partial charge in [-0.1, -0.05) is 11.6 Å². The number of fused-ring (bicyclic) bond motifs is 2. The van der Waals surface area contributed by atoms with Crippen molar-refractivity contribution in [3.63, 3.8) is 0 Å². The Bertz CT molecular complexity index is 1090. The molecule has 3 atom stereocenters. The summed E-state index contributed by atoms with van der Waals surface area (Å²) in [5, 5.41) is 8.84. The molecule has 4 rings (SSSR count). The van der Waals surface area contributed by atoms with Crippen LogP contribution >= 0.6 is 11.6 Å². The molecule has 1 saturated heterocycles. The fourth-order valence-electron chi connectivity index (χ4n) is 4.41. The van der Waals surface area contributed by atoms with Crippen LogP contribution in [0, 0.1) is 0 Å². The minimum Gasteiger partial charge on any atom is -0.490 e. The van der Waals surface area contributed by atoms with Crippen molar-refractivity contribution in [2.75, 3.05) is 30.8 Å². The van der Waals surface area contributed by atoms with Crippen molar-refractivity contribution >= 4 is 40.8 Å². The Morgan fingerprint density at radius 3 is 2.54 bits per heavy atom. The zero-order chi connectivity index (χ0) is 24.9. The average Bonchev–Trinajstić information content (AvgIpc) is 2.83. The quantitative estimate of drug-likeness (QED) is 0.577. The number of hydrogen-bond donors (Lipinski definition) is 3. The number of carbonyl (C=O) groups is 3. The summed E-state index contributed by atoms with van der Waals surface area (Å²) >= 11 is 5.88. The molecule has 0 spiro atoms. The van der Waals surface area contributed by atoms with Gasteiger partial charge in [0.25, 0.3) is 5.91 Å². The molecule has 4 amide bonds. The summed E-state index contributed by atoms with van der Waals surface area (Å²) in [4.78, 5) is 39.4. The first-order chi connectivity index (χ1) is 16.8. The number of rotatable bonds is 5. The number of nitrogens with zero attached hydrogens (tertiary/aromatic N) is 1. The molecule has 2 aliphatic heterocycles. The van der Waals surface area contributed by atoms with E-state index in [-0.39, 0.29) is 36.7 Å². The topological polar surface area (TPSA) is 109 Å². The van der Waals surface area contributed by atoms with E-state index in [4.69, 9.17) is 21.1 Å². The lowest BCUT2D eigenvalue weighted by Crippen LogP contribution is -2.54. The van der Waals surface area contributed by atoms with Crippen molar-refractivity contribution in [1.29, 1.82) is 0 Å². The monoisotopic (exact) mass is 500 g/mol. The normalized spacial score (nSPS) is 21.5. The smallest absolute Gasteiger partial charge is 0.323 e. The molecule has 0 radical (unpaired) electrons. The van der Waals surface area contributed by atoms with Crippen LogP contribution < -0.4 is 20.7 Å². The highest BCUT2D eigenvalue weighted by molar-refractivity contribution is 6.30. The molecular weight excluding hydrogens is 472 g/mol. The van der Waals surface area contributed by atoms with Crippen molar-refractivity contribution in [3.05, 3.63) is 53.1 Å². The van der Waals surface area contributed by atoms with E-state index in [1.54, 1.807) is 54.4 Å². The number of ether oxygens (including phenoxy) is 2. The first-order valence-electron chi connectivity index (χ1n) is 11.6. The first-order valence-corrected chi connectivity index (χ1v) is 12.0. The van der Waals surface area contributed by atoms with E-state index in [1.165, 1.54) is 0 Å². The van der Waals surface area contributed by atoms with Gasteiger partial charge in [-0.2, -0.15) is 0 Å². The third kappa shape index (κ3) is 6.04. The number of anilines is 2. The molecule has 186 valence electrons. The summed E-state index contributed by atoms with van der Waals surface area (Å²) in [6, 6.07) is 11.1. The van der Waals surface area contributed by atoms with Gasteiger partial charge in [0.15, 0.2) is 0 Å². The minimum absolute atomic E-state index is 0.0439. The Labute approximate surface area is 209 Å². The molecule has 2 aromatic rings. The largest absolute Gasteiger partial charge is 0.490 e. The van der Waals surface area contributed by atoms with Crippen LogP contribution in [-0.4, -0.2) is 61.2 Å². The van der Waals surface area contributed by atoms with E-state index < -0.39 is 6.03 Å². The fraction of sp³-hybridized carbons (Fsp3) is 0.400. The molecular formula is C25H29ClN4O5. The van der Waals surface area contributed by atoms with E-state index in [2.05, 4.69) is 16.0 Å². The number of carbonyl (C=O) groups excluding carboxylic acids is 3. The fourth-order valence-corrected chi connectivity index (χ4v) is 4.53. The minimum atomic E-state index is -0.446. The number of hydrogen-bond acceptors (Lipinski definition) is 5. The van der Waals surface area contributed by atoms with Crippen molar-refractivity contribution in [2.45, 2.75) is 44.4 Å². The van der Waals surface area contributed by atoms with E-state index in [1.807, 2.05) is 6.92 Å². The van der Waals surface area contributed by atoms with Gasteiger partial charge in [0.1, 0.15) is 18.5 Å². The molecule has 0 aromatic heterocycles. The summed E-state index contributed by atoms with van der Waals surface area (Å²) in [5.74, 6) is 0.151. The molecule has 9 nitrogen and oxygen atoms in total. The lowest BCUT2D eigenvalue weighted by Gasteiger charge is -2.42. The second-order valence-corrected chi connectivity index (χ2v) is 9.06. The highest BCUT2D eigenvalue weighted by Crippen LogP contribution is 2.32. The van der Waals surface area contributed by atoms with Crippen LogP contribution in [0.5, 0.6) is 5.75 Å². The van der Waals surface area contributed by atoms with Crippen molar-refractivity contribution in [2.24, 2.45) is 0 Å². The van der Waals surface area contributed by atoms with E-state index in [9.17, 15) is 14.4 Å². The maximum atomic E-state index is 13.3. The highest BCUT2D eigenvalue weighted by Gasteiger charge is 2.39. The zero-order valence-electron chi connectivity index (χ0n) is 19.7. The van der Waals surface area contributed by atoms with Crippen LogP contribution in [0.4, 0.5) is 16.2 Å². The van der Waals surface area contributed by atoms with Gasteiger partial charge in [-0.25, -0.2) is 4.79 Å². The van der Waals surface area contributed by atoms with Crippen LogP contribution in [0.3, 0.4) is 0 Å². The van der Waals surface area contributed by atoms with Gasteiger partial charge >= 0.3 is 6.03 Å². The summed E-state index contributed by atoms with van der Waals surface area (Å²) in [6.07, 6.45) is 1.12. The molecule has 2 aliphatic rings. The predicted molar refractivity (Wildman–Crippen MR) is 133 cm³/mol. The third-order valence-corrected chi connectivity index (χ3v) is 6.41. The van der Waals surface area contributed by atoms with E-state index in [0.29, 0.717) is 53.5 Å². The first kappa shape index (κ1) is 24.8. The van der Waals surface area contributed by atoms with Crippen LogP contribution in [-0.2, 0) is 9.53 Å². The Morgan fingerprint density at radius 2 is 1.80 bits per heavy atom. The maximum absolute atomic E-state index is 13.3.